The van der Waals surface area contributed by atoms with Gasteiger partial charge in [0.15, 0.2) is 0 Å². The average Bonchev–Trinajstić information content (AvgIpc) is 2.47. The van der Waals surface area contributed by atoms with Crippen LogP contribution in [-0.2, 0) is 19.1 Å². The van der Waals surface area contributed by atoms with E-state index in [1.165, 1.54) is 0 Å². The zero-order valence-electron chi connectivity index (χ0n) is 8.95. The van der Waals surface area contributed by atoms with Crippen molar-refractivity contribution in [1.29, 1.82) is 0 Å². The Balaban J connectivity index is 1.93. The number of carbonyl (C=O) groups is 2. The lowest BCUT2D eigenvalue weighted by atomic mass is 9.77. The summed E-state index contributed by atoms with van der Waals surface area (Å²) in [5, 5.41) is 0. The third-order valence-electron chi connectivity index (χ3n) is 3.44. The Labute approximate surface area is 88.9 Å². The molecule has 4 nitrogen and oxygen atoms in total. The molecule has 1 aliphatic carbocycles. The summed E-state index contributed by atoms with van der Waals surface area (Å²) in [5.41, 5.74) is -0.460. The Morgan fingerprint density at radius 3 is 2.53 bits per heavy atom. The maximum atomic E-state index is 11.2. The smallest absolute Gasteiger partial charge is 0.375 e. The Hall–Kier alpha value is -0.900. The molecule has 4 heteroatoms. The molecule has 1 spiro atoms. The van der Waals surface area contributed by atoms with E-state index in [0.717, 1.165) is 32.3 Å². The molecule has 0 aromatic carbocycles. The zero-order chi connectivity index (χ0) is 10.9. The van der Waals surface area contributed by atoms with Gasteiger partial charge in [-0.3, -0.25) is 4.79 Å². The first-order valence-corrected chi connectivity index (χ1v) is 5.40. The van der Waals surface area contributed by atoms with Gasteiger partial charge >= 0.3 is 5.97 Å². The molecule has 0 aromatic rings. The van der Waals surface area contributed by atoms with Gasteiger partial charge in [-0.15, -0.1) is 0 Å². The van der Waals surface area contributed by atoms with Crippen LogP contribution >= 0.6 is 0 Å². The molecule has 0 atom stereocenters. The van der Waals surface area contributed by atoms with E-state index in [9.17, 15) is 9.59 Å². The van der Waals surface area contributed by atoms with Crippen molar-refractivity contribution in [3.8, 4) is 0 Å². The second-order valence-corrected chi connectivity index (χ2v) is 4.57. The van der Waals surface area contributed by atoms with E-state index >= 15 is 0 Å². The van der Waals surface area contributed by atoms with Crippen LogP contribution in [0.4, 0.5) is 0 Å². The highest BCUT2D eigenvalue weighted by Crippen LogP contribution is 2.40. The molecule has 1 saturated heterocycles. The van der Waals surface area contributed by atoms with Crippen molar-refractivity contribution < 1.29 is 19.1 Å². The first kappa shape index (κ1) is 10.6. The fourth-order valence-electron chi connectivity index (χ4n) is 2.54. The van der Waals surface area contributed by atoms with E-state index in [2.05, 4.69) is 0 Å². The van der Waals surface area contributed by atoms with Crippen molar-refractivity contribution in [2.75, 3.05) is 13.7 Å². The van der Waals surface area contributed by atoms with Gasteiger partial charge in [0, 0.05) is 13.7 Å². The highest BCUT2D eigenvalue weighted by molar-refractivity contribution is 6.35. The molecule has 15 heavy (non-hydrogen) atoms. The van der Waals surface area contributed by atoms with Crippen LogP contribution in [0, 0.1) is 5.92 Å². The lowest BCUT2D eigenvalue weighted by Gasteiger charge is -2.34. The normalized spacial score (nSPS) is 35.9. The predicted octanol–water partition coefficient (Wildman–Crippen LogP) is 1.08. The Kier molecular flexibility index (Phi) is 2.78. The van der Waals surface area contributed by atoms with Crippen LogP contribution in [0.25, 0.3) is 0 Å². The van der Waals surface area contributed by atoms with Crippen molar-refractivity contribution in [3.63, 3.8) is 0 Å². The largest absolute Gasteiger partial charge is 0.453 e. The highest BCUT2D eigenvalue weighted by atomic mass is 16.6. The van der Waals surface area contributed by atoms with Crippen LogP contribution in [0.1, 0.15) is 32.1 Å². The zero-order valence-corrected chi connectivity index (χ0v) is 8.95. The lowest BCUT2D eigenvalue weighted by Crippen LogP contribution is -2.34. The summed E-state index contributed by atoms with van der Waals surface area (Å²) in [7, 11) is 1.70. The molecule has 1 saturated carbocycles. The van der Waals surface area contributed by atoms with E-state index in [1.807, 2.05) is 0 Å². The Bertz CT molecular complexity index is 258. The van der Waals surface area contributed by atoms with Gasteiger partial charge < -0.3 is 9.47 Å². The average molecular weight is 212 g/mol. The third-order valence-corrected chi connectivity index (χ3v) is 3.44. The van der Waals surface area contributed by atoms with Crippen molar-refractivity contribution >= 4 is 11.8 Å². The number of ketones is 1. The fourth-order valence-corrected chi connectivity index (χ4v) is 2.54. The standard InChI is InChI=1S/C11H16O4/c1-14-7-8-2-4-11(5-3-8)6-9(12)10(13)15-11/h8H,2-7H2,1H3. The Morgan fingerprint density at radius 1 is 1.40 bits per heavy atom. The minimum atomic E-state index is -0.639. The first-order valence-electron chi connectivity index (χ1n) is 5.40. The van der Waals surface area contributed by atoms with E-state index in [4.69, 9.17) is 9.47 Å². The summed E-state index contributed by atoms with van der Waals surface area (Å²) in [4.78, 5) is 22.2. The quantitative estimate of drug-likeness (QED) is 0.507. The topological polar surface area (TPSA) is 52.6 Å². The van der Waals surface area contributed by atoms with Crippen LogP contribution in [-0.4, -0.2) is 31.1 Å². The second-order valence-electron chi connectivity index (χ2n) is 4.57. The Morgan fingerprint density at radius 2 is 2.07 bits per heavy atom. The highest BCUT2D eigenvalue weighted by Gasteiger charge is 2.47. The molecule has 84 valence electrons. The molecule has 1 aliphatic heterocycles. The van der Waals surface area contributed by atoms with Crippen LogP contribution in [0.3, 0.4) is 0 Å². The molecule has 0 aromatic heterocycles. The summed E-state index contributed by atoms with van der Waals surface area (Å²) in [6.45, 7) is 0.762. The van der Waals surface area contributed by atoms with E-state index in [1.54, 1.807) is 7.11 Å². The van der Waals surface area contributed by atoms with E-state index < -0.39 is 11.6 Å². The van der Waals surface area contributed by atoms with Gasteiger partial charge in [-0.05, 0) is 31.6 Å². The number of methoxy groups -OCH3 is 1. The first-order chi connectivity index (χ1) is 7.15. The summed E-state index contributed by atoms with van der Waals surface area (Å²) in [6, 6.07) is 0. The molecule has 0 bridgehead atoms. The van der Waals surface area contributed by atoms with Crippen LogP contribution in [0.5, 0.6) is 0 Å². The number of hydrogen-bond acceptors (Lipinski definition) is 4. The van der Waals surface area contributed by atoms with Crippen molar-refractivity contribution in [2.24, 2.45) is 5.92 Å². The summed E-state index contributed by atoms with van der Waals surface area (Å²) >= 11 is 0. The summed E-state index contributed by atoms with van der Waals surface area (Å²) in [6.07, 6.45) is 3.85. The van der Waals surface area contributed by atoms with E-state index in [-0.39, 0.29) is 12.2 Å². The molecule has 2 rings (SSSR count). The van der Waals surface area contributed by atoms with Gasteiger partial charge in [-0.1, -0.05) is 0 Å². The molecule has 2 fully saturated rings. The molecule has 1 heterocycles. The number of Topliss-reactive ketones (excluding diaryl/α,β-unsaturated/α-hetero) is 1. The molecular weight excluding hydrogens is 196 g/mol. The van der Waals surface area contributed by atoms with Crippen LogP contribution < -0.4 is 0 Å². The van der Waals surface area contributed by atoms with Gasteiger partial charge in [0.05, 0.1) is 6.42 Å². The maximum absolute atomic E-state index is 11.2. The predicted molar refractivity (Wildman–Crippen MR) is 52.3 cm³/mol. The third kappa shape index (κ3) is 2.04. The molecule has 0 amide bonds. The van der Waals surface area contributed by atoms with Crippen LogP contribution in [0.15, 0.2) is 0 Å². The van der Waals surface area contributed by atoms with Crippen LogP contribution in [0.2, 0.25) is 0 Å². The van der Waals surface area contributed by atoms with Gasteiger partial charge in [-0.25, -0.2) is 4.79 Å². The molecule has 0 N–H and O–H groups in total. The van der Waals surface area contributed by atoms with Crippen molar-refractivity contribution in [1.82, 2.24) is 0 Å². The van der Waals surface area contributed by atoms with Crippen molar-refractivity contribution in [2.45, 2.75) is 37.7 Å². The molecular formula is C11H16O4. The molecule has 2 aliphatic rings. The lowest BCUT2D eigenvalue weighted by molar-refractivity contribution is -0.155. The monoisotopic (exact) mass is 212 g/mol. The van der Waals surface area contributed by atoms with Gasteiger partial charge in [0.1, 0.15) is 5.60 Å². The van der Waals surface area contributed by atoms with Crippen molar-refractivity contribution in [3.05, 3.63) is 0 Å². The number of esters is 1. The van der Waals surface area contributed by atoms with Gasteiger partial charge in [0.2, 0.25) is 5.78 Å². The summed E-state index contributed by atoms with van der Waals surface area (Å²) in [5.74, 6) is -0.449. The minimum absolute atomic E-state index is 0.283. The minimum Gasteiger partial charge on any atom is -0.453 e. The molecule has 0 radical (unpaired) electrons. The fraction of sp³-hybridized carbons (Fsp3) is 0.818. The SMILES string of the molecule is COCC1CCC2(CC1)CC(=O)C(=O)O2. The number of hydrogen-bond donors (Lipinski definition) is 0. The summed E-state index contributed by atoms with van der Waals surface area (Å²) < 4.78 is 10.3. The van der Waals surface area contributed by atoms with Gasteiger partial charge in [0.25, 0.3) is 0 Å². The molecule has 0 unspecified atom stereocenters. The van der Waals surface area contributed by atoms with E-state index in [0.29, 0.717) is 5.92 Å². The number of rotatable bonds is 2. The second kappa shape index (κ2) is 3.93. The number of ether oxygens (including phenoxy) is 2. The number of carbonyl (C=O) groups excluding carboxylic acids is 2. The maximum Gasteiger partial charge on any atom is 0.375 e. The van der Waals surface area contributed by atoms with Gasteiger partial charge in [-0.2, -0.15) is 0 Å².